The first kappa shape index (κ1) is 25.1. The molecule has 37 heavy (non-hydrogen) atoms. The summed E-state index contributed by atoms with van der Waals surface area (Å²) in [7, 11) is 1.46. The molecular weight excluding hydrogens is 512 g/mol. The summed E-state index contributed by atoms with van der Waals surface area (Å²) in [4.78, 5) is 32.9. The van der Waals surface area contributed by atoms with Crippen LogP contribution in [0.1, 0.15) is 22.6 Å². The molecular formula is C24H22F4N6O2S. The fraction of sp³-hybridized carbons (Fsp3) is 0.333. The highest BCUT2D eigenvalue weighted by atomic mass is 32.2. The molecule has 1 aromatic heterocycles. The average Bonchev–Trinajstić information content (AvgIpc) is 3.46. The summed E-state index contributed by atoms with van der Waals surface area (Å²) in [5, 5.41) is 6.68. The Bertz CT molecular complexity index is 1370. The number of benzene rings is 2. The Morgan fingerprint density at radius 3 is 2.70 bits per heavy atom. The van der Waals surface area contributed by atoms with Gasteiger partial charge in [-0.25, -0.2) is 27.2 Å². The van der Waals surface area contributed by atoms with Gasteiger partial charge < -0.3 is 15.1 Å². The van der Waals surface area contributed by atoms with E-state index < -0.39 is 42.0 Å². The number of halogens is 4. The highest BCUT2D eigenvalue weighted by molar-refractivity contribution is 7.99. The van der Waals surface area contributed by atoms with Crippen LogP contribution in [0.2, 0.25) is 0 Å². The third-order valence-corrected chi connectivity index (χ3v) is 7.41. The number of alkyl halides is 2. The summed E-state index contributed by atoms with van der Waals surface area (Å²) < 4.78 is 57.5. The Kier molecular flexibility index (Phi) is 6.56. The molecule has 2 aromatic carbocycles. The summed E-state index contributed by atoms with van der Waals surface area (Å²) in [6.07, 6.45) is 0.937. The second kappa shape index (κ2) is 9.69. The van der Waals surface area contributed by atoms with Gasteiger partial charge in [-0.3, -0.25) is 9.59 Å². The zero-order valence-electron chi connectivity index (χ0n) is 19.6. The zero-order valence-corrected chi connectivity index (χ0v) is 20.4. The highest BCUT2D eigenvalue weighted by Gasteiger charge is 2.40. The minimum atomic E-state index is -2.88. The Morgan fingerprint density at radius 1 is 1.19 bits per heavy atom. The SMILES string of the molecule is CN1C(=O)[C@@H](NC(=O)c2ncn(Cc3ccccc3F)n2)CSc2cc(N3CCC(F)(F)C3)c(F)cc21. The van der Waals surface area contributed by atoms with Gasteiger partial charge in [0.25, 0.3) is 11.8 Å². The summed E-state index contributed by atoms with van der Waals surface area (Å²) in [5.41, 5.74) is 0.709. The molecule has 0 radical (unpaired) electrons. The maximum atomic E-state index is 14.9. The number of nitrogens with zero attached hydrogens (tertiary/aromatic N) is 5. The van der Waals surface area contributed by atoms with E-state index in [2.05, 4.69) is 15.4 Å². The van der Waals surface area contributed by atoms with Crippen molar-refractivity contribution in [1.29, 1.82) is 0 Å². The van der Waals surface area contributed by atoms with Crippen LogP contribution in [-0.2, 0) is 11.3 Å². The number of hydrogen-bond acceptors (Lipinski definition) is 6. The fourth-order valence-electron chi connectivity index (χ4n) is 4.29. The van der Waals surface area contributed by atoms with Crippen molar-refractivity contribution in [3.8, 4) is 0 Å². The van der Waals surface area contributed by atoms with Crippen LogP contribution < -0.4 is 15.1 Å². The van der Waals surface area contributed by atoms with Crippen molar-refractivity contribution in [2.75, 3.05) is 35.7 Å². The smallest absolute Gasteiger partial charge is 0.291 e. The number of hydrogen-bond donors (Lipinski definition) is 1. The number of anilines is 2. The minimum absolute atomic E-state index is 0.0252. The first-order chi connectivity index (χ1) is 17.6. The normalized spacial score (nSPS) is 19.1. The Balaban J connectivity index is 1.29. The Labute approximate surface area is 213 Å². The molecule has 2 aliphatic rings. The number of carbonyl (C=O) groups is 2. The van der Waals surface area contributed by atoms with Crippen LogP contribution in [0.15, 0.2) is 47.6 Å². The predicted octanol–water partition coefficient (Wildman–Crippen LogP) is 3.32. The average molecular weight is 535 g/mol. The summed E-state index contributed by atoms with van der Waals surface area (Å²) >= 11 is 1.21. The number of likely N-dealkylation sites (N-methyl/N-ethyl adjacent to an activating group) is 1. The molecule has 1 saturated heterocycles. The maximum Gasteiger partial charge on any atom is 0.291 e. The number of fused-ring (bicyclic) bond motifs is 1. The van der Waals surface area contributed by atoms with Gasteiger partial charge in [0.05, 0.1) is 24.5 Å². The summed E-state index contributed by atoms with van der Waals surface area (Å²) in [6.45, 7) is -0.477. The van der Waals surface area contributed by atoms with E-state index in [1.165, 1.54) is 51.8 Å². The number of carbonyl (C=O) groups excluding carboxylic acids is 2. The van der Waals surface area contributed by atoms with Crippen LogP contribution in [-0.4, -0.2) is 64.4 Å². The lowest BCUT2D eigenvalue weighted by Gasteiger charge is -2.24. The van der Waals surface area contributed by atoms with E-state index in [1.54, 1.807) is 18.2 Å². The standard InChI is InChI=1S/C24H22F4N6O2S/c1-32-19-8-16(26)18(33-7-6-24(27,28)12-33)9-20(19)37-11-17(23(32)36)30-22(35)21-29-13-34(31-21)10-14-4-2-3-5-15(14)25/h2-5,8-9,13,17H,6-7,10-12H2,1H3,(H,30,35)/t17-/m0/s1. The lowest BCUT2D eigenvalue weighted by Crippen LogP contribution is -2.48. The van der Waals surface area contributed by atoms with Crippen LogP contribution in [0.4, 0.5) is 28.9 Å². The molecule has 0 bridgehead atoms. The molecule has 194 valence electrons. The molecule has 1 N–H and O–H groups in total. The van der Waals surface area contributed by atoms with Gasteiger partial charge in [0, 0.05) is 42.3 Å². The summed E-state index contributed by atoms with van der Waals surface area (Å²) in [6, 6.07) is 7.81. The van der Waals surface area contributed by atoms with Gasteiger partial charge in [0.1, 0.15) is 24.0 Å². The third kappa shape index (κ3) is 5.13. The van der Waals surface area contributed by atoms with Crippen LogP contribution in [0, 0.1) is 11.6 Å². The van der Waals surface area contributed by atoms with E-state index in [0.29, 0.717) is 10.5 Å². The van der Waals surface area contributed by atoms with Gasteiger partial charge in [-0.15, -0.1) is 16.9 Å². The number of rotatable bonds is 5. The molecule has 1 atom stereocenters. The predicted molar refractivity (Wildman–Crippen MR) is 129 cm³/mol. The van der Waals surface area contributed by atoms with Gasteiger partial charge in [0.2, 0.25) is 11.7 Å². The molecule has 13 heteroatoms. The van der Waals surface area contributed by atoms with E-state index in [4.69, 9.17) is 0 Å². The second-order valence-electron chi connectivity index (χ2n) is 8.89. The highest BCUT2D eigenvalue weighted by Crippen LogP contribution is 2.40. The molecule has 0 unspecified atom stereocenters. The fourth-order valence-corrected chi connectivity index (χ4v) is 5.40. The Hall–Kier alpha value is -3.61. The molecule has 5 rings (SSSR count). The minimum Gasteiger partial charge on any atom is -0.363 e. The van der Waals surface area contributed by atoms with Gasteiger partial charge in [-0.1, -0.05) is 18.2 Å². The molecule has 2 aliphatic heterocycles. The van der Waals surface area contributed by atoms with Crippen molar-refractivity contribution in [2.24, 2.45) is 0 Å². The second-order valence-corrected chi connectivity index (χ2v) is 9.95. The van der Waals surface area contributed by atoms with Crippen molar-refractivity contribution in [3.63, 3.8) is 0 Å². The topological polar surface area (TPSA) is 83.4 Å². The number of amides is 2. The lowest BCUT2D eigenvalue weighted by atomic mass is 10.2. The first-order valence-corrected chi connectivity index (χ1v) is 12.4. The molecule has 0 aliphatic carbocycles. The molecule has 8 nitrogen and oxygen atoms in total. The molecule has 3 aromatic rings. The van der Waals surface area contributed by atoms with Crippen molar-refractivity contribution in [1.82, 2.24) is 20.1 Å². The van der Waals surface area contributed by atoms with E-state index >= 15 is 0 Å². The third-order valence-electron chi connectivity index (χ3n) is 6.27. The van der Waals surface area contributed by atoms with Crippen LogP contribution in [0.3, 0.4) is 0 Å². The molecule has 2 amide bonds. The van der Waals surface area contributed by atoms with Crippen molar-refractivity contribution < 1.29 is 27.2 Å². The van der Waals surface area contributed by atoms with Crippen molar-refractivity contribution in [3.05, 3.63) is 65.7 Å². The lowest BCUT2D eigenvalue weighted by molar-refractivity contribution is -0.119. The summed E-state index contributed by atoms with van der Waals surface area (Å²) in [5.74, 6) is -5.25. The number of nitrogens with one attached hydrogen (secondary N) is 1. The van der Waals surface area contributed by atoms with Crippen LogP contribution in [0.25, 0.3) is 0 Å². The van der Waals surface area contributed by atoms with Crippen molar-refractivity contribution >= 4 is 35.0 Å². The number of thioether (sulfide) groups is 1. The van der Waals surface area contributed by atoms with Gasteiger partial charge in [-0.05, 0) is 12.1 Å². The first-order valence-electron chi connectivity index (χ1n) is 11.4. The van der Waals surface area contributed by atoms with Crippen LogP contribution >= 0.6 is 11.8 Å². The molecule has 1 fully saturated rings. The van der Waals surface area contributed by atoms with E-state index in [1.807, 2.05) is 0 Å². The monoisotopic (exact) mass is 534 g/mol. The number of aromatic nitrogens is 3. The molecule has 0 spiro atoms. The van der Waals surface area contributed by atoms with E-state index in [9.17, 15) is 27.2 Å². The van der Waals surface area contributed by atoms with Gasteiger partial charge >= 0.3 is 0 Å². The van der Waals surface area contributed by atoms with Crippen molar-refractivity contribution in [2.45, 2.75) is 29.8 Å². The quantitative estimate of drug-likeness (QED) is 0.506. The van der Waals surface area contributed by atoms with E-state index in [0.717, 1.165) is 6.07 Å². The Morgan fingerprint density at radius 2 is 1.97 bits per heavy atom. The van der Waals surface area contributed by atoms with Crippen LogP contribution in [0.5, 0.6) is 0 Å². The molecule has 0 saturated carbocycles. The largest absolute Gasteiger partial charge is 0.363 e. The molecule has 3 heterocycles. The zero-order chi connectivity index (χ0) is 26.3. The maximum absolute atomic E-state index is 14.9. The van der Waals surface area contributed by atoms with E-state index in [-0.39, 0.29) is 42.5 Å². The van der Waals surface area contributed by atoms with Gasteiger partial charge in [-0.2, -0.15) is 0 Å². The van der Waals surface area contributed by atoms with Gasteiger partial charge in [0.15, 0.2) is 0 Å².